The minimum Gasteiger partial charge on any atom is -0.481 e. The number of halogens is 3. The molecule has 112 valence electrons. The predicted molar refractivity (Wildman–Crippen MR) is 90.3 cm³/mol. The van der Waals surface area contributed by atoms with Gasteiger partial charge in [0.15, 0.2) is 6.10 Å². The summed E-state index contributed by atoms with van der Waals surface area (Å²) >= 11 is 12.8. The van der Waals surface area contributed by atoms with Crippen molar-refractivity contribution in [1.82, 2.24) is 5.32 Å². The van der Waals surface area contributed by atoms with Gasteiger partial charge in [-0.05, 0) is 31.5 Å². The molecule has 1 aromatic rings. The number of rotatable bonds is 7. The van der Waals surface area contributed by atoms with Crippen LogP contribution in [0.25, 0.3) is 0 Å². The number of ether oxygens (including phenoxy) is 1. The van der Waals surface area contributed by atoms with Crippen molar-refractivity contribution in [3.05, 3.63) is 29.3 Å². The van der Waals surface area contributed by atoms with E-state index >= 15 is 0 Å². The van der Waals surface area contributed by atoms with Gasteiger partial charge < -0.3 is 10.1 Å². The first-order valence-corrected chi connectivity index (χ1v) is 8.94. The second-order valence-corrected chi connectivity index (χ2v) is 6.17. The van der Waals surface area contributed by atoms with E-state index in [1.54, 1.807) is 31.2 Å². The Morgan fingerprint density at radius 3 is 2.60 bits per heavy atom. The minimum absolute atomic E-state index is 0.147. The fourth-order valence-corrected chi connectivity index (χ4v) is 3.72. The Kier molecular flexibility index (Phi) is 7.34. The van der Waals surface area contributed by atoms with Crippen LogP contribution in [-0.2, 0) is 4.79 Å². The summed E-state index contributed by atoms with van der Waals surface area (Å²) in [5.41, 5.74) is -0.303. The molecule has 6 heteroatoms. The number of alkyl halides is 2. The van der Waals surface area contributed by atoms with Crippen LogP contribution in [0.5, 0.6) is 5.75 Å². The van der Waals surface area contributed by atoms with Crippen molar-refractivity contribution in [3.63, 3.8) is 0 Å². The Bertz CT molecular complexity index is 444. The monoisotopic (exact) mass is 425 g/mol. The summed E-state index contributed by atoms with van der Waals surface area (Å²) < 4.78 is 5.61. The smallest absolute Gasteiger partial charge is 0.261 e. The minimum atomic E-state index is -0.586. The van der Waals surface area contributed by atoms with E-state index in [1.165, 1.54) is 0 Å². The Morgan fingerprint density at radius 2 is 2.10 bits per heavy atom. The molecule has 1 aromatic carbocycles. The van der Waals surface area contributed by atoms with E-state index in [9.17, 15) is 4.79 Å². The quantitative estimate of drug-likeness (QED) is 0.664. The summed E-state index contributed by atoms with van der Waals surface area (Å²) in [5, 5.41) is 4.96. The van der Waals surface area contributed by atoms with E-state index in [4.69, 9.17) is 16.3 Å². The van der Waals surface area contributed by atoms with Crippen molar-refractivity contribution in [2.24, 2.45) is 0 Å². The molecule has 0 bridgehead atoms. The standard InChI is InChI=1S/C14H18Br2ClNO2/c1-3-14(8-15,9-16)18-13(19)10(2)20-12-6-4-5-11(17)7-12/h4-7,10H,3,8-9H2,1-2H3,(H,18,19). The van der Waals surface area contributed by atoms with E-state index < -0.39 is 6.10 Å². The zero-order chi connectivity index (χ0) is 15.2. The lowest BCUT2D eigenvalue weighted by atomic mass is 10.0. The lowest BCUT2D eigenvalue weighted by Crippen LogP contribution is -2.54. The molecular weight excluding hydrogens is 409 g/mol. The lowest BCUT2D eigenvalue weighted by Gasteiger charge is -2.31. The molecule has 0 heterocycles. The van der Waals surface area contributed by atoms with Gasteiger partial charge in [0.2, 0.25) is 0 Å². The zero-order valence-corrected chi connectivity index (χ0v) is 15.4. The highest BCUT2D eigenvalue weighted by molar-refractivity contribution is 9.09. The molecule has 0 fully saturated rings. The third-order valence-corrected chi connectivity index (χ3v) is 5.44. The lowest BCUT2D eigenvalue weighted by molar-refractivity contribution is -0.128. The summed E-state index contributed by atoms with van der Waals surface area (Å²) in [4.78, 5) is 12.2. The largest absolute Gasteiger partial charge is 0.481 e. The first-order valence-electron chi connectivity index (χ1n) is 6.32. The maximum atomic E-state index is 12.2. The van der Waals surface area contributed by atoms with Crippen LogP contribution in [0.4, 0.5) is 0 Å². The van der Waals surface area contributed by atoms with E-state index in [0.717, 1.165) is 6.42 Å². The van der Waals surface area contributed by atoms with Gasteiger partial charge in [-0.1, -0.05) is 56.5 Å². The van der Waals surface area contributed by atoms with Gasteiger partial charge >= 0.3 is 0 Å². The molecule has 0 aliphatic rings. The maximum absolute atomic E-state index is 12.2. The Hall–Kier alpha value is -0.260. The molecule has 20 heavy (non-hydrogen) atoms. The highest BCUT2D eigenvalue weighted by atomic mass is 79.9. The fraction of sp³-hybridized carbons (Fsp3) is 0.500. The van der Waals surface area contributed by atoms with Crippen molar-refractivity contribution in [2.75, 3.05) is 10.7 Å². The van der Waals surface area contributed by atoms with Crippen molar-refractivity contribution in [1.29, 1.82) is 0 Å². The van der Waals surface area contributed by atoms with E-state index in [2.05, 4.69) is 37.2 Å². The second-order valence-electron chi connectivity index (χ2n) is 4.61. The van der Waals surface area contributed by atoms with Crippen molar-refractivity contribution in [2.45, 2.75) is 31.9 Å². The Balaban J connectivity index is 2.67. The number of hydrogen-bond acceptors (Lipinski definition) is 2. The van der Waals surface area contributed by atoms with Crippen LogP contribution >= 0.6 is 43.5 Å². The third-order valence-electron chi connectivity index (χ3n) is 3.05. The average Bonchev–Trinajstić information content (AvgIpc) is 2.44. The van der Waals surface area contributed by atoms with Gasteiger partial charge in [0.05, 0.1) is 5.54 Å². The van der Waals surface area contributed by atoms with Crippen LogP contribution in [0.3, 0.4) is 0 Å². The van der Waals surface area contributed by atoms with Gasteiger partial charge in [-0.25, -0.2) is 0 Å². The van der Waals surface area contributed by atoms with E-state index in [-0.39, 0.29) is 11.4 Å². The highest BCUT2D eigenvalue weighted by Crippen LogP contribution is 2.20. The van der Waals surface area contributed by atoms with Crippen LogP contribution in [0, 0.1) is 0 Å². The zero-order valence-electron chi connectivity index (χ0n) is 11.5. The third kappa shape index (κ3) is 4.93. The summed E-state index contributed by atoms with van der Waals surface area (Å²) in [7, 11) is 0. The number of hydrogen-bond donors (Lipinski definition) is 1. The summed E-state index contributed by atoms with van der Waals surface area (Å²) in [6.07, 6.45) is 0.233. The summed E-state index contributed by atoms with van der Waals surface area (Å²) in [5.74, 6) is 0.436. The Morgan fingerprint density at radius 1 is 1.45 bits per heavy atom. The SMILES string of the molecule is CCC(CBr)(CBr)NC(=O)C(C)Oc1cccc(Cl)c1. The molecule has 0 spiro atoms. The van der Waals surface area contributed by atoms with Crippen molar-refractivity contribution >= 4 is 49.4 Å². The molecule has 0 radical (unpaired) electrons. The second kappa shape index (κ2) is 8.25. The topological polar surface area (TPSA) is 38.3 Å². The molecule has 1 atom stereocenters. The fourth-order valence-electron chi connectivity index (χ4n) is 1.54. The first kappa shape index (κ1) is 17.8. The summed E-state index contributed by atoms with van der Waals surface area (Å²) in [6, 6.07) is 7.01. The summed E-state index contributed by atoms with van der Waals surface area (Å²) in [6.45, 7) is 3.75. The van der Waals surface area contributed by atoms with Gasteiger partial charge in [-0.3, -0.25) is 4.79 Å². The van der Waals surface area contributed by atoms with Crippen LogP contribution in [0.1, 0.15) is 20.3 Å². The molecular formula is C14H18Br2ClNO2. The van der Waals surface area contributed by atoms with Crippen LogP contribution in [0.15, 0.2) is 24.3 Å². The number of benzene rings is 1. The van der Waals surface area contributed by atoms with Gasteiger partial charge in [0, 0.05) is 15.7 Å². The van der Waals surface area contributed by atoms with Gasteiger partial charge in [0.1, 0.15) is 5.75 Å². The predicted octanol–water partition coefficient (Wildman–Crippen LogP) is 4.16. The number of amides is 1. The molecule has 1 amide bonds. The van der Waals surface area contributed by atoms with Gasteiger partial charge in [-0.2, -0.15) is 0 Å². The molecule has 3 nitrogen and oxygen atoms in total. The first-order chi connectivity index (χ1) is 9.46. The highest BCUT2D eigenvalue weighted by Gasteiger charge is 2.30. The Labute approximate surface area is 141 Å². The van der Waals surface area contributed by atoms with E-state index in [1.807, 2.05) is 6.92 Å². The molecule has 1 rings (SSSR count). The van der Waals surface area contributed by atoms with Crippen molar-refractivity contribution < 1.29 is 9.53 Å². The molecule has 1 unspecified atom stereocenters. The number of carbonyl (C=O) groups is 1. The average molecular weight is 428 g/mol. The van der Waals surface area contributed by atoms with E-state index in [0.29, 0.717) is 21.4 Å². The molecule has 0 saturated heterocycles. The molecule has 0 aliphatic heterocycles. The van der Waals surface area contributed by atoms with Crippen LogP contribution in [-0.4, -0.2) is 28.2 Å². The van der Waals surface area contributed by atoms with Crippen LogP contribution < -0.4 is 10.1 Å². The molecule has 0 aliphatic carbocycles. The molecule has 0 saturated carbocycles. The van der Waals surface area contributed by atoms with Crippen molar-refractivity contribution in [3.8, 4) is 5.75 Å². The van der Waals surface area contributed by atoms with Crippen LogP contribution in [0.2, 0.25) is 5.02 Å². The van der Waals surface area contributed by atoms with Gasteiger partial charge in [-0.15, -0.1) is 0 Å². The number of carbonyl (C=O) groups excluding carboxylic acids is 1. The maximum Gasteiger partial charge on any atom is 0.261 e. The van der Waals surface area contributed by atoms with Gasteiger partial charge in [0.25, 0.3) is 5.91 Å². The number of nitrogens with one attached hydrogen (secondary N) is 1. The molecule has 0 aromatic heterocycles. The normalized spacial score (nSPS) is 12.8. The molecule has 1 N–H and O–H groups in total.